The van der Waals surface area contributed by atoms with Gasteiger partial charge >= 0.3 is 51.6 Å². The Bertz CT molecular complexity index is 135. The van der Waals surface area contributed by atoms with Crippen molar-refractivity contribution in [3.63, 3.8) is 0 Å². The number of hydrogen-bond donors (Lipinski definition) is 0. The van der Waals surface area contributed by atoms with Crippen LogP contribution < -0.4 is 12.4 Å². The minimum atomic E-state index is 0. The minimum Gasteiger partial charge on any atom is -1.00 e. The fourth-order valence-corrected chi connectivity index (χ4v) is 0.828. The molecule has 45 valence electrons. The molecule has 0 atom stereocenters. The molecule has 0 spiro atoms. The third-order valence-electron chi connectivity index (χ3n) is 1.09. The molecule has 0 aromatic carbocycles. The summed E-state index contributed by atoms with van der Waals surface area (Å²) in [6.07, 6.45) is 5.37. The Balaban J connectivity index is 0.000000490. The first-order valence-corrected chi connectivity index (χ1v) is 2.91. The predicted molar refractivity (Wildman–Crippen MR) is 26.5 cm³/mol. The van der Waals surface area contributed by atoms with Gasteiger partial charge in [-0.2, -0.15) is 0 Å². The van der Waals surface area contributed by atoms with E-state index >= 15 is 0 Å². The first-order chi connectivity index (χ1) is 3.30. The normalized spacial score (nSPS) is 16.6. The standard InChI is InChI=1S/C6H7.ClH.Mn/c1-6-4-2-3-5-6;;/h2,4H,3H2,1H3;1H;/q;;+1/p-1. The first-order valence-electron chi connectivity index (χ1n) is 2.32. The van der Waals surface area contributed by atoms with Gasteiger partial charge in [0.15, 0.2) is 0 Å². The second-order valence-corrected chi connectivity index (χ2v) is 2.41. The van der Waals surface area contributed by atoms with Crippen LogP contribution in [0.15, 0.2) is 22.2 Å². The molecule has 0 bridgehead atoms. The van der Waals surface area contributed by atoms with E-state index in [-0.39, 0.29) is 12.4 Å². The van der Waals surface area contributed by atoms with Crippen molar-refractivity contribution < 1.29 is 28.4 Å². The summed E-state index contributed by atoms with van der Waals surface area (Å²) in [4.78, 5) is 0. The SMILES string of the molecule is CC1=[C]([Mn+])CC=C1.[Cl-]. The molecule has 0 N–H and O–H groups in total. The van der Waals surface area contributed by atoms with Crippen LogP contribution in [-0.4, -0.2) is 0 Å². The molecule has 1 aliphatic rings. The Labute approximate surface area is 64.3 Å². The third-order valence-corrected chi connectivity index (χ3v) is 1.80. The van der Waals surface area contributed by atoms with Crippen LogP contribution in [0.5, 0.6) is 0 Å². The Morgan fingerprint density at radius 1 is 1.62 bits per heavy atom. The van der Waals surface area contributed by atoms with Crippen LogP contribution in [0.25, 0.3) is 0 Å². The average molecular weight is 170 g/mol. The maximum absolute atomic E-state index is 3.42. The van der Waals surface area contributed by atoms with Gasteiger partial charge in [-0.25, -0.2) is 0 Å². The zero-order chi connectivity index (χ0) is 5.28. The molecule has 0 aromatic heterocycles. The molecule has 0 aliphatic heterocycles. The van der Waals surface area contributed by atoms with Gasteiger partial charge in [0.2, 0.25) is 0 Å². The maximum Gasteiger partial charge on any atom is -1.00 e. The predicted octanol–water partition coefficient (Wildman–Crippen LogP) is -1.23. The monoisotopic (exact) mass is 169 g/mol. The average Bonchev–Trinajstić information content (AvgIpc) is 1.91. The number of rotatable bonds is 0. The van der Waals surface area contributed by atoms with Gasteiger partial charge in [0, 0.05) is 0 Å². The van der Waals surface area contributed by atoms with Crippen molar-refractivity contribution >= 4 is 0 Å². The van der Waals surface area contributed by atoms with E-state index in [1.807, 2.05) is 0 Å². The van der Waals surface area contributed by atoms with Crippen molar-refractivity contribution in [2.45, 2.75) is 13.3 Å². The van der Waals surface area contributed by atoms with E-state index in [9.17, 15) is 0 Å². The smallest absolute Gasteiger partial charge is 1.00 e. The summed E-state index contributed by atoms with van der Waals surface area (Å²) in [6.45, 7) is 2.10. The van der Waals surface area contributed by atoms with E-state index in [1.165, 1.54) is 10.0 Å². The molecular weight excluding hydrogens is 162 g/mol. The van der Waals surface area contributed by atoms with Crippen molar-refractivity contribution in [1.82, 2.24) is 0 Å². The molecule has 0 fully saturated rings. The molecule has 2 heteroatoms. The van der Waals surface area contributed by atoms with Gasteiger partial charge in [0.1, 0.15) is 0 Å². The summed E-state index contributed by atoms with van der Waals surface area (Å²) in [5, 5.41) is 0. The van der Waals surface area contributed by atoms with Gasteiger partial charge in [-0.1, -0.05) is 0 Å². The summed E-state index contributed by atoms with van der Waals surface area (Å²) in [7, 11) is 0. The fraction of sp³-hybridized carbons (Fsp3) is 0.333. The second-order valence-electron chi connectivity index (χ2n) is 1.69. The molecule has 0 aromatic rings. The van der Waals surface area contributed by atoms with Crippen LogP contribution >= 0.6 is 0 Å². The third kappa shape index (κ3) is 1.66. The molecule has 0 unspecified atom stereocenters. The minimum absolute atomic E-state index is 0. The maximum atomic E-state index is 3.42. The Morgan fingerprint density at radius 3 is 2.38 bits per heavy atom. The van der Waals surface area contributed by atoms with Gasteiger partial charge in [-0.3, -0.25) is 0 Å². The molecule has 0 nitrogen and oxygen atoms in total. The zero-order valence-electron chi connectivity index (χ0n) is 4.62. The Kier molecular flexibility index (Phi) is 3.46. The van der Waals surface area contributed by atoms with E-state index in [2.05, 4.69) is 35.1 Å². The Hall–Kier alpha value is 0.289. The zero-order valence-corrected chi connectivity index (χ0v) is 6.55. The topological polar surface area (TPSA) is 0 Å². The number of hydrogen-bond acceptors (Lipinski definition) is 0. The van der Waals surface area contributed by atoms with Gasteiger partial charge in [-0.05, 0) is 0 Å². The van der Waals surface area contributed by atoms with Crippen molar-refractivity contribution in [2.24, 2.45) is 0 Å². The summed E-state index contributed by atoms with van der Waals surface area (Å²) >= 11 is 3.42. The van der Waals surface area contributed by atoms with Crippen molar-refractivity contribution in [3.05, 3.63) is 22.2 Å². The summed E-state index contributed by atoms with van der Waals surface area (Å²) < 4.78 is 1.33. The molecule has 0 radical (unpaired) electrons. The number of allylic oxidation sites excluding steroid dienone is 4. The molecular formula is C6H7ClMn. The van der Waals surface area contributed by atoms with E-state index in [4.69, 9.17) is 0 Å². The quantitative estimate of drug-likeness (QED) is 0.399. The molecule has 0 amide bonds. The van der Waals surface area contributed by atoms with Gasteiger partial charge < -0.3 is 12.4 Å². The molecule has 1 aliphatic carbocycles. The van der Waals surface area contributed by atoms with E-state index in [0.717, 1.165) is 6.42 Å². The van der Waals surface area contributed by atoms with Crippen molar-refractivity contribution in [3.8, 4) is 0 Å². The summed E-state index contributed by atoms with van der Waals surface area (Å²) in [5.41, 5.74) is 1.36. The number of halogens is 1. The molecule has 8 heavy (non-hydrogen) atoms. The molecule has 0 heterocycles. The van der Waals surface area contributed by atoms with E-state index < -0.39 is 0 Å². The van der Waals surface area contributed by atoms with Gasteiger partial charge in [0.05, 0.1) is 0 Å². The van der Waals surface area contributed by atoms with E-state index in [0.29, 0.717) is 0 Å². The van der Waals surface area contributed by atoms with Crippen LogP contribution in [0.3, 0.4) is 0 Å². The van der Waals surface area contributed by atoms with Crippen LogP contribution in [0.4, 0.5) is 0 Å². The summed E-state index contributed by atoms with van der Waals surface area (Å²) in [5.74, 6) is 0. The van der Waals surface area contributed by atoms with Crippen LogP contribution in [0.1, 0.15) is 13.3 Å². The van der Waals surface area contributed by atoms with Crippen molar-refractivity contribution in [1.29, 1.82) is 0 Å². The van der Waals surface area contributed by atoms with Crippen molar-refractivity contribution in [2.75, 3.05) is 0 Å². The fourth-order valence-electron chi connectivity index (χ4n) is 0.591. The first kappa shape index (κ1) is 8.29. The molecule has 0 saturated carbocycles. The Morgan fingerprint density at radius 2 is 2.25 bits per heavy atom. The van der Waals surface area contributed by atoms with Gasteiger partial charge in [-0.15, -0.1) is 0 Å². The molecule has 1 rings (SSSR count). The van der Waals surface area contributed by atoms with E-state index in [1.54, 1.807) is 0 Å². The van der Waals surface area contributed by atoms with Crippen LogP contribution in [0, 0.1) is 0 Å². The summed E-state index contributed by atoms with van der Waals surface area (Å²) in [6, 6.07) is 0. The largest absolute Gasteiger partial charge is 1.00 e. The van der Waals surface area contributed by atoms with Gasteiger partial charge in [0.25, 0.3) is 0 Å². The van der Waals surface area contributed by atoms with Crippen LogP contribution in [0.2, 0.25) is 0 Å². The molecule has 0 saturated heterocycles. The van der Waals surface area contributed by atoms with Crippen LogP contribution in [-0.2, 0) is 16.0 Å². The second kappa shape index (κ2) is 3.34.